The van der Waals surface area contributed by atoms with Gasteiger partial charge in [0.15, 0.2) is 0 Å². The van der Waals surface area contributed by atoms with Crippen LogP contribution in [-0.4, -0.2) is 11.9 Å². The van der Waals surface area contributed by atoms with E-state index in [0.717, 1.165) is 16.9 Å². The third-order valence-corrected chi connectivity index (χ3v) is 4.15. The van der Waals surface area contributed by atoms with E-state index in [9.17, 15) is 14.7 Å². The highest BCUT2D eigenvalue weighted by Gasteiger charge is 2.15. The lowest BCUT2D eigenvalue weighted by Crippen LogP contribution is -2.24. The number of anilines is 1. The molecule has 0 saturated heterocycles. The minimum absolute atomic E-state index is 0.0223. The molecule has 0 saturated carbocycles. The van der Waals surface area contributed by atoms with Crippen LogP contribution < -0.4 is 10.4 Å². The van der Waals surface area contributed by atoms with Crippen molar-refractivity contribution < 1.29 is 19.1 Å². The fraction of sp³-hybridized carbons (Fsp3) is 0. The Morgan fingerprint density at radius 1 is 1.12 bits per heavy atom. The number of hydrogen-bond donors (Lipinski definition) is 1. The van der Waals surface area contributed by atoms with Crippen LogP contribution >= 0.6 is 11.3 Å². The molecule has 1 amide bonds. The Hall–Kier alpha value is -3.12. The number of benzene rings is 1. The van der Waals surface area contributed by atoms with Gasteiger partial charge in [0.05, 0.1) is 12.2 Å². The molecule has 0 bridgehead atoms. The quantitative estimate of drug-likeness (QED) is 0.725. The van der Waals surface area contributed by atoms with Crippen molar-refractivity contribution in [2.75, 3.05) is 5.32 Å². The lowest BCUT2D eigenvalue weighted by Gasteiger charge is -2.09. The summed E-state index contributed by atoms with van der Waals surface area (Å²) in [6.07, 6.45) is 4.27. The van der Waals surface area contributed by atoms with Gasteiger partial charge in [-0.1, -0.05) is 30.3 Å². The zero-order valence-electron chi connectivity index (χ0n) is 12.4. The molecule has 24 heavy (non-hydrogen) atoms. The molecule has 0 aliphatic carbocycles. The molecule has 0 fully saturated rings. The first-order valence-electron chi connectivity index (χ1n) is 7.06. The first kappa shape index (κ1) is 15.8. The van der Waals surface area contributed by atoms with Crippen LogP contribution in [0, 0.1) is 0 Å². The maximum atomic E-state index is 12.0. The van der Waals surface area contributed by atoms with Crippen molar-refractivity contribution in [1.82, 2.24) is 0 Å². The second kappa shape index (κ2) is 6.97. The molecule has 0 spiro atoms. The molecule has 2 heterocycles. The van der Waals surface area contributed by atoms with Crippen molar-refractivity contribution in [2.45, 2.75) is 0 Å². The molecule has 0 aliphatic rings. The van der Waals surface area contributed by atoms with Gasteiger partial charge in [-0.25, -0.2) is 0 Å². The molecular formula is C18H12NO4S-. The van der Waals surface area contributed by atoms with Gasteiger partial charge in [0.2, 0.25) is 5.91 Å². The molecule has 2 aromatic heterocycles. The number of furan rings is 1. The number of aromatic carboxylic acids is 1. The lowest BCUT2D eigenvalue weighted by molar-refractivity contribution is -0.254. The average molecular weight is 338 g/mol. The van der Waals surface area contributed by atoms with Crippen molar-refractivity contribution in [3.05, 3.63) is 71.5 Å². The Morgan fingerprint density at radius 3 is 2.58 bits per heavy atom. The van der Waals surface area contributed by atoms with Gasteiger partial charge in [-0.3, -0.25) is 4.79 Å². The van der Waals surface area contributed by atoms with E-state index in [2.05, 4.69) is 5.32 Å². The van der Waals surface area contributed by atoms with Gasteiger partial charge in [0.25, 0.3) is 0 Å². The Bertz CT molecular complexity index is 879. The van der Waals surface area contributed by atoms with E-state index in [1.807, 2.05) is 18.2 Å². The third kappa shape index (κ3) is 3.44. The van der Waals surface area contributed by atoms with E-state index in [4.69, 9.17) is 4.42 Å². The number of rotatable bonds is 5. The van der Waals surface area contributed by atoms with Crippen LogP contribution in [0.15, 0.2) is 64.6 Å². The number of carboxylic acid groups (broad SMARTS) is 1. The van der Waals surface area contributed by atoms with Gasteiger partial charge in [0.1, 0.15) is 10.8 Å². The molecule has 5 nitrogen and oxygen atoms in total. The van der Waals surface area contributed by atoms with Crippen LogP contribution in [0.2, 0.25) is 0 Å². The highest BCUT2D eigenvalue weighted by atomic mass is 32.1. The van der Waals surface area contributed by atoms with E-state index in [1.54, 1.807) is 29.6 Å². The molecule has 3 rings (SSSR count). The Kier molecular flexibility index (Phi) is 4.58. The molecule has 6 heteroatoms. The summed E-state index contributed by atoms with van der Waals surface area (Å²) in [5.41, 5.74) is 1.25. The van der Waals surface area contributed by atoms with Gasteiger partial charge in [-0.2, -0.15) is 0 Å². The Balaban J connectivity index is 1.85. The minimum Gasteiger partial charge on any atom is -0.545 e. The highest BCUT2D eigenvalue weighted by molar-refractivity contribution is 7.15. The van der Waals surface area contributed by atoms with Crippen LogP contribution in [0.4, 0.5) is 5.00 Å². The number of amides is 1. The molecule has 0 unspecified atom stereocenters. The van der Waals surface area contributed by atoms with E-state index >= 15 is 0 Å². The van der Waals surface area contributed by atoms with E-state index in [0.29, 0.717) is 11.3 Å². The molecule has 120 valence electrons. The zero-order chi connectivity index (χ0) is 16.9. The summed E-state index contributed by atoms with van der Waals surface area (Å²) in [7, 11) is 0. The van der Waals surface area contributed by atoms with Crippen LogP contribution in [-0.2, 0) is 4.79 Å². The average Bonchev–Trinajstić information content (AvgIpc) is 3.23. The third-order valence-electron chi connectivity index (χ3n) is 3.26. The lowest BCUT2D eigenvalue weighted by atomic mass is 10.0. The van der Waals surface area contributed by atoms with Crippen LogP contribution in [0.1, 0.15) is 16.1 Å². The number of carbonyl (C=O) groups is 2. The monoisotopic (exact) mass is 338 g/mol. The van der Waals surface area contributed by atoms with Crippen molar-refractivity contribution in [3.63, 3.8) is 0 Å². The summed E-state index contributed by atoms with van der Waals surface area (Å²) < 4.78 is 5.09. The minimum atomic E-state index is -1.33. The highest BCUT2D eigenvalue weighted by Crippen LogP contribution is 2.35. The Morgan fingerprint density at radius 2 is 1.92 bits per heavy atom. The summed E-state index contributed by atoms with van der Waals surface area (Å²) in [5.74, 6) is -1.25. The number of carbonyl (C=O) groups excluding carboxylic acids is 2. The summed E-state index contributed by atoms with van der Waals surface area (Å²) in [6, 6.07) is 12.5. The normalized spacial score (nSPS) is 10.8. The molecule has 3 aromatic rings. The van der Waals surface area contributed by atoms with Crippen molar-refractivity contribution in [3.8, 4) is 11.1 Å². The topological polar surface area (TPSA) is 82.4 Å². The molecule has 1 N–H and O–H groups in total. The van der Waals surface area contributed by atoms with E-state index in [-0.39, 0.29) is 10.6 Å². The van der Waals surface area contributed by atoms with E-state index < -0.39 is 11.9 Å². The van der Waals surface area contributed by atoms with Crippen molar-refractivity contribution >= 4 is 34.3 Å². The van der Waals surface area contributed by atoms with Crippen LogP contribution in [0.5, 0.6) is 0 Å². The van der Waals surface area contributed by atoms with E-state index in [1.165, 1.54) is 18.4 Å². The molecule has 0 radical (unpaired) electrons. The predicted molar refractivity (Wildman–Crippen MR) is 90.5 cm³/mol. The van der Waals surface area contributed by atoms with Gasteiger partial charge in [-0.05, 0) is 23.8 Å². The van der Waals surface area contributed by atoms with Crippen LogP contribution in [0.25, 0.3) is 17.2 Å². The first-order valence-corrected chi connectivity index (χ1v) is 7.94. The number of nitrogens with one attached hydrogen (secondary N) is 1. The fourth-order valence-electron chi connectivity index (χ4n) is 2.18. The second-order valence-corrected chi connectivity index (χ2v) is 5.72. The van der Waals surface area contributed by atoms with Crippen molar-refractivity contribution in [2.24, 2.45) is 0 Å². The maximum Gasteiger partial charge on any atom is 0.249 e. The summed E-state index contributed by atoms with van der Waals surface area (Å²) >= 11 is 1.14. The number of carboxylic acids is 1. The van der Waals surface area contributed by atoms with Gasteiger partial charge in [-0.15, -0.1) is 11.3 Å². The maximum absolute atomic E-state index is 12.0. The van der Waals surface area contributed by atoms with Gasteiger partial charge in [0, 0.05) is 22.6 Å². The standard InChI is InChI=1S/C18H13NO4S/c20-15(9-8-13-7-4-10-23-13)19-17-16(18(21)22)14(11-24-17)12-5-2-1-3-6-12/h1-11H,(H,19,20)(H,21,22)/p-1. The largest absolute Gasteiger partial charge is 0.545 e. The van der Waals surface area contributed by atoms with Crippen LogP contribution in [0.3, 0.4) is 0 Å². The number of thiophene rings is 1. The fourth-order valence-corrected chi connectivity index (χ4v) is 3.14. The van der Waals surface area contributed by atoms with Gasteiger partial charge >= 0.3 is 0 Å². The Labute approximate surface area is 141 Å². The smallest absolute Gasteiger partial charge is 0.249 e. The molecular weight excluding hydrogens is 326 g/mol. The summed E-state index contributed by atoms with van der Waals surface area (Å²) in [5, 5.41) is 16.0. The predicted octanol–water partition coefficient (Wildman–Crippen LogP) is 3.02. The SMILES string of the molecule is O=C(C=Cc1ccco1)Nc1scc(-c2ccccc2)c1C(=O)[O-]. The number of hydrogen-bond acceptors (Lipinski definition) is 5. The van der Waals surface area contributed by atoms with Gasteiger partial charge < -0.3 is 19.6 Å². The molecule has 1 aromatic carbocycles. The summed E-state index contributed by atoms with van der Waals surface area (Å²) in [4.78, 5) is 23.5. The first-order chi connectivity index (χ1) is 11.6. The molecule has 0 atom stereocenters. The second-order valence-electron chi connectivity index (χ2n) is 4.84. The molecule has 0 aliphatic heterocycles. The summed E-state index contributed by atoms with van der Waals surface area (Å²) in [6.45, 7) is 0. The van der Waals surface area contributed by atoms with Crippen molar-refractivity contribution in [1.29, 1.82) is 0 Å². The zero-order valence-corrected chi connectivity index (χ0v) is 13.2.